The Morgan fingerprint density at radius 1 is 1.44 bits per heavy atom. The number of nitrogens with two attached hydrogens (primary N) is 1. The standard InChI is InChI=1S/C13H15BrN2/c1-7-4-8(14)5-11-10-6-9(15)2-3-12(10)16-13(7)11/h4-5,9,16H,2-3,6,15H2,1H3. The van der Waals surface area contributed by atoms with Crippen LogP contribution in [0.3, 0.4) is 0 Å². The fourth-order valence-electron chi connectivity index (χ4n) is 2.68. The third kappa shape index (κ3) is 1.50. The molecule has 1 aliphatic rings. The van der Waals surface area contributed by atoms with Gasteiger partial charge in [0, 0.05) is 27.1 Å². The molecule has 1 heterocycles. The Labute approximate surface area is 103 Å². The Morgan fingerprint density at radius 2 is 2.25 bits per heavy atom. The van der Waals surface area contributed by atoms with Crippen molar-refractivity contribution >= 4 is 26.8 Å². The minimum absolute atomic E-state index is 0.325. The zero-order valence-electron chi connectivity index (χ0n) is 9.31. The van der Waals surface area contributed by atoms with Crippen molar-refractivity contribution in [3.63, 3.8) is 0 Å². The smallest absolute Gasteiger partial charge is 0.0489 e. The normalized spacial score (nSPS) is 20.1. The van der Waals surface area contributed by atoms with Crippen molar-refractivity contribution in [2.45, 2.75) is 32.2 Å². The summed E-state index contributed by atoms with van der Waals surface area (Å²) in [5.41, 5.74) is 11.4. The number of benzene rings is 1. The number of aromatic amines is 1. The molecule has 0 saturated heterocycles. The minimum atomic E-state index is 0.325. The highest BCUT2D eigenvalue weighted by Gasteiger charge is 2.20. The van der Waals surface area contributed by atoms with Gasteiger partial charge in [-0.25, -0.2) is 0 Å². The Kier molecular flexibility index (Phi) is 2.33. The first-order valence-electron chi connectivity index (χ1n) is 5.70. The molecule has 0 saturated carbocycles. The molecule has 84 valence electrons. The highest BCUT2D eigenvalue weighted by Crippen LogP contribution is 2.32. The van der Waals surface area contributed by atoms with Crippen LogP contribution in [0.2, 0.25) is 0 Å². The third-order valence-electron chi connectivity index (χ3n) is 3.50. The van der Waals surface area contributed by atoms with Gasteiger partial charge in [-0.15, -0.1) is 0 Å². The van der Waals surface area contributed by atoms with E-state index in [2.05, 4.69) is 40.0 Å². The molecule has 0 aliphatic heterocycles. The fraction of sp³-hybridized carbons (Fsp3) is 0.385. The van der Waals surface area contributed by atoms with Crippen LogP contribution in [-0.2, 0) is 12.8 Å². The van der Waals surface area contributed by atoms with Gasteiger partial charge >= 0.3 is 0 Å². The number of nitrogens with one attached hydrogen (secondary N) is 1. The highest BCUT2D eigenvalue weighted by atomic mass is 79.9. The maximum absolute atomic E-state index is 6.05. The molecule has 1 aromatic carbocycles. The van der Waals surface area contributed by atoms with E-state index in [-0.39, 0.29) is 0 Å². The quantitative estimate of drug-likeness (QED) is 0.764. The Bertz CT molecular complexity index is 557. The average Bonchev–Trinajstić information content (AvgIpc) is 2.57. The number of aryl methyl sites for hydroxylation is 2. The molecule has 2 aromatic rings. The predicted molar refractivity (Wildman–Crippen MR) is 70.7 cm³/mol. The van der Waals surface area contributed by atoms with Gasteiger partial charge in [0.25, 0.3) is 0 Å². The van der Waals surface area contributed by atoms with Gasteiger partial charge < -0.3 is 10.7 Å². The number of halogens is 1. The molecule has 2 nitrogen and oxygen atoms in total. The van der Waals surface area contributed by atoms with Crippen molar-refractivity contribution in [1.82, 2.24) is 4.98 Å². The van der Waals surface area contributed by atoms with E-state index in [0.29, 0.717) is 6.04 Å². The van der Waals surface area contributed by atoms with Crippen LogP contribution in [0.1, 0.15) is 23.2 Å². The Morgan fingerprint density at radius 3 is 3.06 bits per heavy atom. The summed E-state index contributed by atoms with van der Waals surface area (Å²) in [7, 11) is 0. The van der Waals surface area contributed by atoms with Gasteiger partial charge in [0.15, 0.2) is 0 Å². The van der Waals surface area contributed by atoms with Crippen molar-refractivity contribution in [1.29, 1.82) is 0 Å². The van der Waals surface area contributed by atoms with Crippen molar-refractivity contribution in [3.05, 3.63) is 33.4 Å². The molecule has 1 aromatic heterocycles. The third-order valence-corrected chi connectivity index (χ3v) is 3.95. The molecule has 16 heavy (non-hydrogen) atoms. The molecular weight excluding hydrogens is 264 g/mol. The molecule has 0 fully saturated rings. The lowest BCUT2D eigenvalue weighted by molar-refractivity contribution is 0.574. The zero-order chi connectivity index (χ0) is 11.3. The molecule has 1 unspecified atom stereocenters. The number of H-pyrrole nitrogens is 1. The van der Waals surface area contributed by atoms with Crippen LogP contribution in [0.4, 0.5) is 0 Å². The van der Waals surface area contributed by atoms with E-state index in [1.54, 1.807) is 0 Å². The molecular formula is C13H15BrN2. The molecule has 1 atom stereocenters. The first-order valence-corrected chi connectivity index (χ1v) is 6.49. The van der Waals surface area contributed by atoms with Crippen LogP contribution >= 0.6 is 15.9 Å². The maximum Gasteiger partial charge on any atom is 0.0489 e. The molecule has 0 bridgehead atoms. The lowest BCUT2D eigenvalue weighted by Gasteiger charge is -2.18. The predicted octanol–water partition coefficient (Wildman–Crippen LogP) is 3.05. The van der Waals surface area contributed by atoms with Crippen LogP contribution in [-0.4, -0.2) is 11.0 Å². The van der Waals surface area contributed by atoms with Gasteiger partial charge in [0.1, 0.15) is 0 Å². The van der Waals surface area contributed by atoms with Gasteiger partial charge in [-0.1, -0.05) is 15.9 Å². The molecule has 3 heteroatoms. The summed E-state index contributed by atoms with van der Waals surface area (Å²) in [5.74, 6) is 0. The molecule has 3 N–H and O–H groups in total. The molecule has 0 spiro atoms. The number of fused-ring (bicyclic) bond motifs is 3. The molecule has 0 amide bonds. The second-order valence-electron chi connectivity index (χ2n) is 4.73. The van der Waals surface area contributed by atoms with Crippen LogP contribution in [0, 0.1) is 6.92 Å². The number of rotatable bonds is 0. The number of hydrogen-bond acceptors (Lipinski definition) is 1. The summed E-state index contributed by atoms with van der Waals surface area (Å²) in [6, 6.07) is 4.69. The van der Waals surface area contributed by atoms with E-state index in [1.807, 2.05) is 0 Å². The first kappa shape index (κ1) is 10.4. The largest absolute Gasteiger partial charge is 0.358 e. The summed E-state index contributed by atoms with van der Waals surface area (Å²) < 4.78 is 1.15. The van der Waals surface area contributed by atoms with Crippen molar-refractivity contribution in [3.8, 4) is 0 Å². The van der Waals surface area contributed by atoms with Gasteiger partial charge in [0.2, 0.25) is 0 Å². The summed E-state index contributed by atoms with van der Waals surface area (Å²) in [5, 5.41) is 1.34. The van der Waals surface area contributed by atoms with E-state index < -0.39 is 0 Å². The molecule has 1 aliphatic carbocycles. The maximum atomic E-state index is 6.05. The Balaban J connectivity index is 2.30. The zero-order valence-corrected chi connectivity index (χ0v) is 10.9. The van der Waals surface area contributed by atoms with Crippen LogP contribution in [0.15, 0.2) is 16.6 Å². The van der Waals surface area contributed by atoms with Gasteiger partial charge in [-0.05, 0) is 49.4 Å². The molecule has 3 rings (SSSR count). The number of hydrogen-bond donors (Lipinski definition) is 2. The highest BCUT2D eigenvalue weighted by molar-refractivity contribution is 9.10. The minimum Gasteiger partial charge on any atom is -0.358 e. The van der Waals surface area contributed by atoms with Gasteiger partial charge in [0.05, 0.1) is 0 Å². The monoisotopic (exact) mass is 278 g/mol. The SMILES string of the molecule is Cc1cc(Br)cc2c3c([nH]c12)CCC(N)C3. The molecule has 0 radical (unpaired) electrons. The van der Waals surface area contributed by atoms with Crippen LogP contribution in [0.25, 0.3) is 10.9 Å². The van der Waals surface area contributed by atoms with Gasteiger partial charge in [-0.2, -0.15) is 0 Å². The second kappa shape index (κ2) is 3.60. The van der Waals surface area contributed by atoms with E-state index in [0.717, 1.165) is 23.7 Å². The van der Waals surface area contributed by atoms with Crippen molar-refractivity contribution in [2.75, 3.05) is 0 Å². The summed E-state index contributed by atoms with van der Waals surface area (Å²) in [6.07, 6.45) is 3.19. The van der Waals surface area contributed by atoms with E-state index in [1.165, 1.54) is 27.7 Å². The fourth-order valence-corrected chi connectivity index (χ4v) is 3.25. The van der Waals surface area contributed by atoms with Crippen LogP contribution < -0.4 is 5.73 Å². The van der Waals surface area contributed by atoms with Crippen LogP contribution in [0.5, 0.6) is 0 Å². The lowest BCUT2D eigenvalue weighted by atomic mass is 9.92. The second-order valence-corrected chi connectivity index (χ2v) is 5.65. The van der Waals surface area contributed by atoms with E-state index in [4.69, 9.17) is 5.73 Å². The first-order chi connectivity index (χ1) is 7.65. The van der Waals surface area contributed by atoms with Gasteiger partial charge in [-0.3, -0.25) is 0 Å². The Hall–Kier alpha value is -0.800. The summed E-state index contributed by atoms with van der Waals surface area (Å²) in [6.45, 7) is 2.15. The average molecular weight is 279 g/mol. The van der Waals surface area contributed by atoms with E-state index in [9.17, 15) is 0 Å². The summed E-state index contributed by atoms with van der Waals surface area (Å²) in [4.78, 5) is 3.56. The summed E-state index contributed by atoms with van der Waals surface area (Å²) >= 11 is 3.57. The lowest BCUT2D eigenvalue weighted by Crippen LogP contribution is -2.27. The van der Waals surface area contributed by atoms with Crippen molar-refractivity contribution in [2.24, 2.45) is 5.73 Å². The van der Waals surface area contributed by atoms with E-state index >= 15 is 0 Å². The topological polar surface area (TPSA) is 41.8 Å². The number of aromatic nitrogens is 1. The van der Waals surface area contributed by atoms with Crippen molar-refractivity contribution < 1.29 is 0 Å².